The minimum Gasteiger partial charge on any atom is -0.397 e. The van der Waals surface area contributed by atoms with E-state index in [1.165, 1.54) is 6.07 Å². The number of anilines is 1. The molecule has 1 aromatic carbocycles. The van der Waals surface area contributed by atoms with Crippen LogP contribution in [0.5, 0.6) is 0 Å². The minimum absolute atomic E-state index is 0.0689. The zero-order chi connectivity index (χ0) is 10.3. The Morgan fingerprint density at radius 3 is 2.64 bits per heavy atom. The maximum atomic E-state index is 10.5. The van der Waals surface area contributed by atoms with Crippen LogP contribution in [0.2, 0.25) is 5.02 Å². The average Bonchev–Trinajstić information content (AvgIpc) is 2.92. The lowest BCUT2D eigenvalue weighted by atomic mass is 10.1. The van der Waals surface area contributed by atoms with Gasteiger partial charge in [-0.15, -0.1) is 0 Å². The topological polar surface area (TPSA) is 69.2 Å². The molecular formula is C9H9ClN2O2. The molecule has 0 unspecified atom stereocenters. The molecule has 1 aromatic rings. The number of nitro benzene ring substituents is 1. The standard InChI is InChI=1S/C9H9ClN2O2/c10-8-7(12(13)14)4-3-6(9(8)11)5-1-2-5/h3-5H,1-2,11H2. The second-order valence-corrected chi connectivity index (χ2v) is 3.81. The van der Waals surface area contributed by atoms with Gasteiger partial charge in [0.05, 0.1) is 10.6 Å². The van der Waals surface area contributed by atoms with Crippen LogP contribution in [-0.4, -0.2) is 4.92 Å². The van der Waals surface area contributed by atoms with E-state index in [0.29, 0.717) is 11.6 Å². The fourth-order valence-electron chi connectivity index (χ4n) is 1.49. The molecule has 0 heterocycles. The summed E-state index contributed by atoms with van der Waals surface area (Å²) in [5.74, 6) is 0.452. The molecule has 1 saturated carbocycles. The Labute approximate surface area is 85.8 Å². The monoisotopic (exact) mass is 212 g/mol. The van der Waals surface area contributed by atoms with Crippen molar-refractivity contribution in [1.82, 2.24) is 0 Å². The first-order chi connectivity index (χ1) is 6.61. The van der Waals surface area contributed by atoms with E-state index in [1.54, 1.807) is 6.07 Å². The van der Waals surface area contributed by atoms with Gasteiger partial charge in [-0.2, -0.15) is 0 Å². The molecule has 0 aromatic heterocycles. The van der Waals surface area contributed by atoms with E-state index >= 15 is 0 Å². The van der Waals surface area contributed by atoms with Gasteiger partial charge in [-0.05, 0) is 30.4 Å². The van der Waals surface area contributed by atoms with Gasteiger partial charge in [0, 0.05) is 6.07 Å². The third kappa shape index (κ3) is 1.42. The lowest BCUT2D eigenvalue weighted by Crippen LogP contribution is -1.97. The number of nitro groups is 1. The third-order valence-electron chi connectivity index (χ3n) is 2.41. The molecule has 1 fully saturated rings. The molecule has 0 atom stereocenters. The highest BCUT2D eigenvalue weighted by atomic mass is 35.5. The van der Waals surface area contributed by atoms with Crippen molar-refractivity contribution in [2.24, 2.45) is 0 Å². The maximum Gasteiger partial charge on any atom is 0.290 e. The van der Waals surface area contributed by atoms with Crippen molar-refractivity contribution in [1.29, 1.82) is 0 Å². The first-order valence-corrected chi connectivity index (χ1v) is 4.71. The Kier molecular flexibility index (Phi) is 2.07. The SMILES string of the molecule is Nc1c(C2CC2)ccc([N+](=O)[O-])c1Cl. The Morgan fingerprint density at radius 2 is 2.14 bits per heavy atom. The van der Waals surface area contributed by atoms with Gasteiger partial charge in [-0.1, -0.05) is 11.6 Å². The van der Waals surface area contributed by atoms with Crippen LogP contribution in [0.1, 0.15) is 24.3 Å². The van der Waals surface area contributed by atoms with Crippen LogP contribution in [0.3, 0.4) is 0 Å². The van der Waals surface area contributed by atoms with Gasteiger partial charge in [0.25, 0.3) is 5.69 Å². The van der Waals surface area contributed by atoms with Gasteiger partial charge in [0.2, 0.25) is 0 Å². The van der Waals surface area contributed by atoms with E-state index in [1.807, 2.05) is 0 Å². The van der Waals surface area contributed by atoms with Gasteiger partial charge in [-0.25, -0.2) is 0 Å². The van der Waals surface area contributed by atoms with E-state index in [-0.39, 0.29) is 10.7 Å². The molecule has 2 rings (SSSR count). The third-order valence-corrected chi connectivity index (χ3v) is 2.80. The molecule has 0 aliphatic heterocycles. The maximum absolute atomic E-state index is 10.5. The van der Waals surface area contributed by atoms with Crippen molar-refractivity contribution in [3.63, 3.8) is 0 Å². The number of hydrogen-bond donors (Lipinski definition) is 1. The molecule has 2 N–H and O–H groups in total. The molecule has 5 heteroatoms. The van der Waals surface area contributed by atoms with Gasteiger partial charge in [-0.3, -0.25) is 10.1 Å². The molecular weight excluding hydrogens is 204 g/mol. The summed E-state index contributed by atoms with van der Waals surface area (Å²) in [5.41, 5.74) is 6.92. The van der Waals surface area contributed by atoms with Crippen LogP contribution in [-0.2, 0) is 0 Å². The Hall–Kier alpha value is -1.29. The van der Waals surface area contributed by atoms with Crippen molar-refractivity contribution < 1.29 is 4.92 Å². The zero-order valence-electron chi connectivity index (χ0n) is 7.37. The van der Waals surface area contributed by atoms with Crippen LogP contribution in [0, 0.1) is 10.1 Å². The molecule has 0 bridgehead atoms. The van der Waals surface area contributed by atoms with Gasteiger partial charge in [0.15, 0.2) is 0 Å². The molecule has 0 spiro atoms. The van der Waals surface area contributed by atoms with Gasteiger partial charge in [0.1, 0.15) is 5.02 Å². The second kappa shape index (κ2) is 3.13. The Morgan fingerprint density at radius 1 is 1.50 bits per heavy atom. The molecule has 74 valence electrons. The van der Waals surface area contributed by atoms with Crippen LogP contribution in [0.4, 0.5) is 11.4 Å². The molecule has 14 heavy (non-hydrogen) atoms. The van der Waals surface area contributed by atoms with Crippen LogP contribution >= 0.6 is 11.6 Å². The van der Waals surface area contributed by atoms with Crippen molar-refractivity contribution in [2.75, 3.05) is 5.73 Å². The van der Waals surface area contributed by atoms with E-state index < -0.39 is 4.92 Å². The lowest BCUT2D eigenvalue weighted by Gasteiger charge is -2.05. The Bertz CT molecular complexity index is 402. The van der Waals surface area contributed by atoms with Crippen molar-refractivity contribution >= 4 is 23.0 Å². The predicted octanol–water partition coefficient (Wildman–Crippen LogP) is 2.71. The zero-order valence-corrected chi connectivity index (χ0v) is 8.12. The van der Waals surface area contributed by atoms with Crippen LogP contribution in [0.25, 0.3) is 0 Å². The summed E-state index contributed by atoms with van der Waals surface area (Å²) in [6.07, 6.45) is 2.19. The number of nitrogens with zero attached hydrogens (tertiary/aromatic N) is 1. The first kappa shape index (κ1) is 9.27. The normalized spacial score (nSPS) is 15.5. The summed E-state index contributed by atoms with van der Waals surface area (Å²) in [6.45, 7) is 0. The number of hydrogen-bond acceptors (Lipinski definition) is 3. The van der Waals surface area contributed by atoms with Gasteiger partial charge >= 0.3 is 0 Å². The molecule has 1 aliphatic rings. The largest absolute Gasteiger partial charge is 0.397 e. The predicted molar refractivity (Wildman–Crippen MR) is 54.5 cm³/mol. The highest BCUT2D eigenvalue weighted by Gasteiger charge is 2.28. The minimum atomic E-state index is -0.518. The summed E-state index contributed by atoms with van der Waals surface area (Å²) in [6, 6.07) is 3.13. The van der Waals surface area contributed by atoms with Crippen molar-refractivity contribution in [3.05, 3.63) is 32.8 Å². The first-order valence-electron chi connectivity index (χ1n) is 4.33. The number of rotatable bonds is 2. The second-order valence-electron chi connectivity index (χ2n) is 3.43. The summed E-state index contributed by atoms with van der Waals surface area (Å²) in [5, 5.41) is 10.6. The number of halogens is 1. The molecule has 0 amide bonds. The van der Waals surface area contributed by atoms with Crippen LogP contribution in [0.15, 0.2) is 12.1 Å². The highest BCUT2D eigenvalue weighted by Crippen LogP contribution is 2.46. The average molecular weight is 213 g/mol. The van der Waals surface area contributed by atoms with Crippen molar-refractivity contribution in [3.8, 4) is 0 Å². The quantitative estimate of drug-likeness (QED) is 0.466. The van der Waals surface area contributed by atoms with Crippen molar-refractivity contribution in [2.45, 2.75) is 18.8 Å². The van der Waals surface area contributed by atoms with Crippen LogP contribution < -0.4 is 5.73 Å². The molecule has 1 aliphatic carbocycles. The van der Waals surface area contributed by atoms with E-state index in [9.17, 15) is 10.1 Å². The number of nitrogens with two attached hydrogens (primary N) is 1. The summed E-state index contributed by atoms with van der Waals surface area (Å²) >= 11 is 5.80. The molecule has 4 nitrogen and oxygen atoms in total. The fraction of sp³-hybridized carbons (Fsp3) is 0.333. The van der Waals surface area contributed by atoms with Gasteiger partial charge < -0.3 is 5.73 Å². The lowest BCUT2D eigenvalue weighted by molar-refractivity contribution is -0.384. The van der Waals surface area contributed by atoms with E-state index in [4.69, 9.17) is 17.3 Å². The summed E-state index contributed by atoms with van der Waals surface area (Å²) < 4.78 is 0. The van der Waals surface area contributed by atoms with E-state index in [0.717, 1.165) is 18.4 Å². The molecule has 0 radical (unpaired) electrons. The van der Waals surface area contributed by atoms with E-state index in [2.05, 4.69) is 0 Å². The summed E-state index contributed by atoms with van der Waals surface area (Å²) in [7, 11) is 0. The molecule has 0 saturated heterocycles. The number of nitrogen functional groups attached to an aromatic ring is 1. The highest BCUT2D eigenvalue weighted by molar-refractivity contribution is 6.35. The Balaban J connectivity index is 2.50. The fourth-order valence-corrected chi connectivity index (χ4v) is 1.73. The summed E-state index contributed by atoms with van der Waals surface area (Å²) in [4.78, 5) is 10.0. The number of benzene rings is 1. The smallest absolute Gasteiger partial charge is 0.290 e.